The lowest BCUT2D eigenvalue weighted by Crippen LogP contribution is -2.39. The van der Waals surface area contributed by atoms with Gasteiger partial charge in [0.2, 0.25) is 5.82 Å². The Kier molecular flexibility index (Phi) is 3.64. The summed E-state index contributed by atoms with van der Waals surface area (Å²) >= 11 is 0. The van der Waals surface area contributed by atoms with Gasteiger partial charge in [-0.05, 0) is 37.0 Å². The number of carbonyl (C=O) groups excluding carboxylic acids is 1. The van der Waals surface area contributed by atoms with Crippen LogP contribution < -0.4 is 0 Å². The van der Waals surface area contributed by atoms with Crippen molar-refractivity contribution in [1.29, 1.82) is 0 Å². The van der Waals surface area contributed by atoms with Gasteiger partial charge >= 0.3 is 0 Å². The van der Waals surface area contributed by atoms with Gasteiger partial charge in [0.1, 0.15) is 5.69 Å². The number of carbonyl (C=O) groups is 1. The molecular weight excluding hydrogens is 306 g/mol. The molecule has 24 heavy (non-hydrogen) atoms. The molecule has 0 radical (unpaired) electrons. The zero-order valence-electron chi connectivity index (χ0n) is 13.3. The predicted octanol–water partition coefficient (Wildman–Crippen LogP) is 1.45. The largest absolute Gasteiger partial charge is 0.337 e. The highest BCUT2D eigenvalue weighted by atomic mass is 16.2. The molecule has 4 heterocycles. The molecule has 1 atom stereocenters. The first kappa shape index (κ1) is 14.7. The maximum absolute atomic E-state index is 12.7. The Morgan fingerprint density at radius 1 is 1.21 bits per heavy atom. The Morgan fingerprint density at radius 3 is 2.83 bits per heavy atom. The summed E-state index contributed by atoms with van der Waals surface area (Å²) in [6.07, 6.45) is 5.46. The van der Waals surface area contributed by atoms with Gasteiger partial charge in [0.15, 0.2) is 11.5 Å². The van der Waals surface area contributed by atoms with Gasteiger partial charge in [-0.15, -0.1) is 10.2 Å². The second-order valence-corrected chi connectivity index (χ2v) is 6.08. The highest BCUT2D eigenvalue weighted by molar-refractivity contribution is 5.92. The van der Waals surface area contributed by atoms with Crippen LogP contribution in [0.4, 0.5) is 0 Å². The van der Waals surface area contributed by atoms with Crippen LogP contribution in [0.3, 0.4) is 0 Å². The summed E-state index contributed by atoms with van der Waals surface area (Å²) in [7, 11) is 0. The van der Waals surface area contributed by atoms with Crippen molar-refractivity contribution in [3.8, 4) is 11.6 Å². The zero-order valence-corrected chi connectivity index (χ0v) is 13.3. The van der Waals surface area contributed by atoms with Crippen molar-refractivity contribution in [2.75, 3.05) is 13.1 Å². The lowest BCUT2D eigenvalue weighted by molar-refractivity contribution is 0.0675. The van der Waals surface area contributed by atoms with Crippen LogP contribution in [0.2, 0.25) is 0 Å². The first-order valence-electron chi connectivity index (χ1n) is 8.01. The van der Waals surface area contributed by atoms with E-state index in [1.807, 2.05) is 4.90 Å². The molecule has 3 aromatic heterocycles. The van der Waals surface area contributed by atoms with E-state index in [0.29, 0.717) is 28.9 Å². The normalized spacial score (nSPS) is 18.0. The standard InChI is InChI=1S/C16H17N7O/c1-11-4-2-9-22(10-11)16(24)12-5-6-13-19-20-15(23(13)21-12)14-17-7-3-8-18-14/h3,5-8,11H,2,4,9-10H2,1H3/t11-/m1/s1. The third-order valence-electron chi connectivity index (χ3n) is 4.19. The van der Waals surface area contributed by atoms with Gasteiger partial charge in [-0.25, -0.2) is 9.97 Å². The van der Waals surface area contributed by atoms with Crippen LogP contribution >= 0.6 is 0 Å². The maximum atomic E-state index is 12.7. The summed E-state index contributed by atoms with van der Waals surface area (Å²) < 4.78 is 1.52. The van der Waals surface area contributed by atoms with Gasteiger partial charge in [0.05, 0.1) is 0 Å². The van der Waals surface area contributed by atoms with Crippen molar-refractivity contribution in [3.63, 3.8) is 0 Å². The third kappa shape index (κ3) is 2.60. The van der Waals surface area contributed by atoms with Crippen molar-refractivity contribution < 1.29 is 4.79 Å². The number of nitrogens with zero attached hydrogens (tertiary/aromatic N) is 7. The van der Waals surface area contributed by atoms with E-state index in [4.69, 9.17) is 0 Å². The van der Waals surface area contributed by atoms with Gasteiger partial charge in [-0.1, -0.05) is 6.92 Å². The summed E-state index contributed by atoms with van der Waals surface area (Å²) in [4.78, 5) is 23.0. The Morgan fingerprint density at radius 2 is 2.04 bits per heavy atom. The number of likely N-dealkylation sites (tertiary alicyclic amines) is 1. The van der Waals surface area contributed by atoms with E-state index in [9.17, 15) is 4.79 Å². The SMILES string of the molecule is C[C@@H]1CCCN(C(=O)c2ccc3nnc(-c4ncccn4)n3n2)C1. The Bertz CT molecular complexity index is 877. The summed E-state index contributed by atoms with van der Waals surface area (Å²) in [5.41, 5.74) is 0.939. The lowest BCUT2D eigenvalue weighted by Gasteiger charge is -2.30. The van der Waals surface area contributed by atoms with Gasteiger partial charge in [-0.3, -0.25) is 4.79 Å². The van der Waals surface area contributed by atoms with Crippen LogP contribution in [-0.4, -0.2) is 53.7 Å². The first-order chi connectivity index (χ1) is 11.7. The average Bonchev–Trinajstić information content (AvgIpc) is 3.05. The molecule has 8 nitrogen and oxygen atoms in total. The van der Waals surface area contributed by atoms with Crippen LogP contribution in [0.25, 0.3) is 17.3 Å². The second-order valence-electron chi connectivity index (χ2n) is 6.08. The minimum atomic E-state index is -0.0583. The molecule has 1 aliphatic rings. The van der Waals surface area contributed by atoms with Crippen molar-refractivity contribution in [3.05, 3.63) is 36.3 Å². The maximum Gasteiger partial charge on any atom is 0.274 e. The van der Waals surface area contributed by atoms with Gasteiger partial charge in [0.25, 0.3) is 5.91 Å². The minimum absolute atomic E-state index is 0.0583. The van der Waals surface area contributed by atoms with E-state index in [-0.39, 0.29) is 5.91 Å². The van der Waals surface area contributed by atoms with Gasteiger partial charge in [0, 0.05) is 25.5 Å². The molecule has 0 N–H and O–H groups in total. The topological polar surface area (TPSA) is 89.2 Å². The van der Waals surface area contributed by atoms with Crippen LogP contribution in [0, 0.1) is 5.92 Å². The lowest BCUT2D eigenvalue weighted by atomic mass is 10.00. The average molecular weight is 323 g/mol. The van der Waals surface area contributed by atoms with Crippen LogP contribution in [0.15, 0.2) is 30.6 Å². The van der Waals surface area contributed by atoms with Crippen LogP contribution in [0.5, 0.6) is 0 Å². The molecule has 3 aromatic rings. The van der Waals surface area contributed by atoms with E-state index in [2.05, 4.69) is 32.2 Å². The predicted molar refractivity (Wildman–Crippen MR) is 86.1 cm³/mol. The number of hydrogen-bond acceptors (Lipinski definition) is 6. The van der Waals surface area contributed by atoms with E-state index in [0.717, 1.165) is 25.9 Å². The molecule has 0 aromatic carbocycles. The fourth-order valence-electron chi connectivity index (χ4n) is 2.99. The molecule has 122 valence electrons. The van der Waals surface area contributed by atoms with Crippen molar-refractivity contribution in [2.45, 2.75) is 19.8 Å². The number of piperidine rings is 1. The second kappa shape index (κ2) is 5.95. The smallest absolute Gasteiger partial charge is 0.274 e. The molecule has 1 fully saturated rings. The fourth-order valence-corrected chi connectivity index (χ4v) is 2.99. The molecule has 0 saturated carbocycles. The molecule has 1 saturated heterocycles. The summed E-state index contributed by atoms with van der Waals surface area (Å²) in [6, 6.07) is 5.17. The van der Waals surface area contributed by atoms with Crippen LogP contribution in [-0.2, 0) is 0 Å². The highest BCUT2D eigenvalue weighted by Crippen LogP contribution is 2.18. The number of amides is 1. The minimum Gasteiger partial charge on any atom is -0.337 e. The Labute approximate surface area is 138 Å². The molecule has 1 amide bonds. The van der Waals surface area contributed by atoms with E-state index >= 15 is 0 Å². The third-order valence-corrected chi connectivity index (χ3v) is 4.19. The molecule has 0 aliphatic carbocycles. The molecule has 0 unspecified atom stereocenters. The van der Waals surface area contributed by atoms with E-state index in [1.165, 1.54) is 4.52 Å². The van der Waals surface area contributed by atoms with Crippen molar-refractivity contribution >= 4 is 11.6 Å². The number of aromatic nitrogens is 6. The summed E-state index contributed by atoms with van der Waals surface area (Å²) in [5.74, 6) is 1.31. The fraction of sp³-hybridized carbons (Fsp3) is 0.375. The van der Waals surface area contributed by atoms with Crippen molar-refractivity contribution in [1.82, 2.24) is 34.7 Å². The molecule has 0 bridgehead atoms. The zero-order chi connectivity index (χ0) is 16.5. The number of hydrogen-bond donors (Lipinski definition) is 0. The van der Waals surface area contributed by atoms with E-state index in [1.54, 1.807) is 30.6 Å². The van der Waals surface area contributed by atoms with Crippen LogP contribution in [0.1, 0.15) is 30.3 Å². The monoisotopic (exact) mass is 323 g/mol. The Balaban J connectivity index is 1.71. The first-order valence-corrected chi connectivity index (χ1v) is 8.01. The van der Waals surface area contributed by atoms with Gasteiger partial charge in [-0.2, -0.15) is 9.61 Å². The highest BCUT2D eigenvalue weighted by Gasteiger charge is 2.24. The number of fused-ring (bicyclic) bond motifs is 1. The summed E-state index contributed by atoms with van der Waals surface area (Å²) in [5, 5.41) is 12.6. The molecular formula is C16H17N7O. The quantitative estimate of drug-likeness (QED) is 0.709. The van der Waals surface area contributed by atoms with Gasteiger partial charge < -0.3 is 4.90 Å². The molecule has 8 heteroatoms. The Hall–Kier alpha value is -2.90. The molecule has 4 rings (SSSR count). The summed E-state index contributed by atoms with van der Waals surface area (Å²) in [6.45, 7) is 3.72. The van der Waals surface area contributed by atoms with E-state index < -0.39 is 0 Å². The molecule has 1 aliphatic heterocycles. The van der Waals surface area contributed by atoms with Crippen molar-refractivity contribution in [2.24, 2.45) is 5.92 Å². The number of rotatable bonds is 2. The molecule has 0 spiro atoms.